The zero-order valence-corrected chi connectivity index (χ0v) is 17.6. The van der Waals surface area contributed by atoms with E-state index < -0.39 is 6.04 Å². The number of rotatable bonds is 10. The third-order valence-corrected chi connectivity index (χ3v) is 5.13. The first-order valence-electron chi connectivity index (χ1n) is 10.1. The summed E-state index contributed by atoms with van der Waals surface area (Å²) < 4.78 is 0. The molecule has 0 saturated carbocycles. The largest absolute Gasteiger partial charge is 0.385 e. The molecule has 1 unspecified atom stereocenters. The third-order valence-electron chi connectivity index (χ3n) is 4.88. The summed E-state index contributed by atoms with van der Waals surface area (Å²) in [5, 5.41) is 7.18. The van der Waals surface area contributed by atoms with Gasteiger partial charge in [-0.15, -0.1) is 0 Å². The maximum Gasteiger partial charge on any atom is 0.237 e. The van der Waals surface area contributed by atoms with E-state index in [2.05, 4.69) is 27.8 Å². The number of nitrogens with zero attached hydrogens (tertiary/aromatic N) is 1. The monoisotopic (exact) mass is 422 g/mol. The molecular weight excluding hydrogens is 396 g/mol. The van der Waals surface area contributed by atoms with Gasteiger partial charge in [-0.2, -0.15) is 0 Å². The van der Waals surface area contributed by atoms with Crippen LogP contribution in [-0.2, 0) is 17.6 Å². The second-order valence-corrected chi connectivity index (χ2v) is 7.72. The van der Waals surface area contributed by atoms with Crippen molar-refractivity contribution in [3.05, 3.63) is 95.3 Å². The standard InChI is InChI=1S/C24H27ClN4O/c25-20-8-6-19(7-9-20)17-23(26)24(30)29-22(16-18-4-2-1-3-5-18)12-15-28-21-10-13-27-14-11-21/h1-11,13-14,22-23H,12,15-17,26H2,(H,27,28)(H,29,30)/t22-,23?/m1/s1. The number of benzene rings is 2. The molecule has 1 aromatic heterocycles. The van der Waals surface area contributed by atoms with Crippen molar-refractivity contribution in [2.45, 2.75) is 31.3 Å². The number of anilines is 1. The van der Waals surface area contributed by atoms with Crippen LogP contribution in [0, 0.1) is 0 Å². The van der Waals surface area contributed by atoms with Crippen molar-refractivity contribution in [1.29, 1.82) is 0 Å². The maximum absolute atomic E-state index is 12.8. The summed E-state index contributed by atoms with van der Waals surface area (Å²) in [6.45, 7) is 0.730. The Morgan fingerprint density at radius 1 is 0.933 bits per heavy atom. The van der Waals surface area contributed by atoms with Crippen LogP contribution >= 0.6 is 11.6 Å². The minimum absolute atomic E-state index is 0.0227. The molecule has 156 valence electrons. The van der Waals surface area contributed by atoms with E-state index in [0.29, 0.717) is 11.4 Å². The highest BCUT2D eigenvalue weighted by atomic mass is 35.5. The van der Waals surface area contributed by atoms with Crippen LogP contribution in [0.5, 0.6) is 0 Å². The highest BCUT2D eigenvalue weighted by molar-refractivity contribution is 6.30. The van der Waals surface area contributed by atoms with Gasteiger partial charge in [0.25, 0.3) is 0 Å². The van der Waals surface area contributed by atoms with Crippen LogP contribution in [0.3, 0.4) is 0 Å². The van der Waals surface area contributed by atoms with Gasteiger partial charge in [-0.1, -0.05) is 54.1 Å². The molecule has 0 spiro atoms. The fraction of sp³-hybridized carbons (Fsp3) is 0.250. The van der Waals surface area contributed by atoms with Gasteiger partial charge in [0.15, 0.2) is 0 Å². The molecule has 0 aliphatic heterocycles. The van der Waals surface area contributed by atoms with Gasteiger partial charge in [0.1, 0.15) is 0 Å². The van der Waals surface area contributed by atoms with Gasteiger partial charge in [0, 0.05) is 35.7 Å². The van der Waals surface area contributed by atoms with Crippen molar-refractivity contribution in [3.63, 3.8) is 0 Å². The zero-order chi connectivity index (χ0) is 21.2. The lowest BCUT2D eigenvalue weighted by Gasteiger charge is -2.22. The number of carbonyl (C=O) groups is 1. The number of hydrogen-bond donors (Lipinski definition) is 3. The van der Waals surface area contributed by atoms with Crippen LogP contribution in [0.15, 0.2) is 79.1 Å². The van der Waals surface area contributed by atoms with Crippen molar-refractivity contribution in [3.8, 4) is 0 Å². The molecule has 1 heterocycles. The van der Waals surface area contributed by atoms with E-state index in [9.17, 15) is 4.79 Å². The van der Waals surface area contributed by atoms with Crippen LogP contribution in [-0.4, -0.2) is 29.5 Å². The molecule has 6 heteroatoms. The molecule has 3 rings (SSSR count). The van der Waals surface area contributed by atoms with E-state index in [1.54, 1.807) is 12.4 Å². The first-order chi connectivity index (χ1) is 14.6. The molecule has 0 saturated heterocycles. The van der Waals surface area contributed by atoms with Crippen LogP contribution in [0.4, 0.5) is 5.69 Å². The molecule has 0 fully saturated rings. The van der Waals surface area contributed by atoms with E-state index in [0.717, 1.165) is 30.6 Å². The number of halogens is 1. The number of hydrogen-bond acceptors (Lipinski definition) is 4. The Hall–Kier alpha value is -2.89. The van der Waals surface area contributed by atoms with E-state index in [1.807, 2.05) is 54.6 Å². The van der Waals surface area contributed by atoms with Gasteiger partial charge < -0.3 is 16.4 Å². The Kier molecular flexibility index (Phi) is 8.24. The van der Waals surface area contributed by atoms with Crippen LogP contribution in [0.2, 0.25) is 5.02 Å². The summed E-state index contributed by atoms with van der Waals surface area (Å²) in [6, 6.07) is 20.8. The maximum atomic E-state index is 12.8. The Morgan fingerprint density at radius 3 is 2.30 bits per heavy atom. The third kappa shape index (κ3) is 7.17. The van der Waals surface area contributed by atoms with E-state index in [1.165, 1.54) is 5.56 Å². The van der Waals surface area contributed by atoms with E-state index >= 15 is 0 Å². The lowest BCUT2D eigenvalue weighted by Crippen LogP contribution is -2.47. The molecule has 4 N–H and O–H groups in total. The van der Waals surface area contributed by atoms with E-state index in [-0.39, 0.29) is 11.9 Å². The lowest BCUT2D eigenvalue weighted by atomic mass is 10.0. The smallest absolute Gasteiger partial charge is 0.237 e. The summed E-state index contributed by atoms with van der Waals surface area (Å²) in [5.74, 6) is -0.144. The van der Waals surface area contributed by atoms with Crippen LogP contribution < -0.4 is 16.4 Å². The normalized spacial score (nSPS) is 12.7. The number of pyridine rings is 1. The molecule has 2 aromatic carbocycles. The van der Waals surface area contributed by atoms with Crippen molar-refractivity contribution >= 4 is 23.2 Å². The summed E-state index contributed by atoms with van der Waals surface area (Å²) in [7, 11) is 0. The Labute approximate surface area is 182 Å². The second kappa shape index (κ2) is 11.3. The lowest BCUT2D eigenvalue weighted by molar-refractivity contribution is -0.123. The van der Waals surface area contributed by atoms with Crippen molar-refractivity contribution in [2.24, 2.45) is 5.73 Å². The first kappa shape index (κ1) is 21.8. The number of aromatic nitrogens is 1. The molecule has 5 nitrogen and oxygen atoms in total. The summed E-state index contributed by atoms with van der Waals surface area (Å²) in [4.78, 5) is 16.8. The molecule has 0 bridgehead atoms. The zero-order valence-electron chi connectivity index (χ0n) is 16.8. The Morgan fingerprint density at radius 2 is 1.60 bits per heavy atom. The predicted molar refractivity (Wildman–Crippen MR) is 123 cm³/mol. The van der Waals surface area contributed by atoms with Crippen molar-refractivity contribution < 1.29 is 4.79 Å². The number of carbonyl (C=O) groups excluding carboxylic acids is 1. The molecule has 30 heavy (non-hydrogen) atoms. The second-order valence-electron chi connectivity index (χ2n) is 7.28. The highest BCUT2D eigenvalue weighted by Gasteiger charge is 2.19. The van der Waals surface area contributed by atoms with Gasteiger partial charge in [0.05, 0.1) is 6.04 Å². The summed E-state index contributed by atoms with van der Waals surface area (Å²) in [6.07, 6.45) is 5.49. The average molecular weight is 423 g/mol. The van der Waals surface area contributed by atoms with Gasteiger partial charge in [0.2, 0.25) is 5.91 Å². The molecule has 1 amide bonds. The number of amides is 1. The minimum atomic E-state index is -0.613. The molecule has 2 atom stereocenters. The fourth-order valence-electron chi connectivity index (χ4n) is 3.26. The predicted octanol–water partition coefficient (Wildman–Crippen LogP) is 3.83. The van der Waals surface area contributed by atoms with Crippen LogP contribution in [0.1, 0.15) is 17.5 Å². The molecular formula is C24H27ClN4O. The number of nitrogens with one attached hydrogen (secondary N) is 2. The minimum Gasteiger partial charge on any atom is -0.385 e. The molecule has 3 aromatic rings. The Balaban J connectivity index is 1.58. The van der Waals surface area contributed by atoms with Gasteiger partial charge in [-0.05, 0) is 54.7 Å². The first-order valence-corrected chi connectivity index (χ1v) is 10.5. The molecule has 0 radical (unpaired) electrons. The quantitative estimate of drug-likeness (QED) is 0.463. The van der Waals surface area contributed by atoms with Gasteiger partial charge in [-0.25, -0.2) is 0 Å². The summed E-state index contributed by atoms with van der Waals surface area (Å²) in [5.41, 5.74) is 9.36. The number of nitrogens with two attached hydrogens (primary N) is 1. The Bertz CT molecular complexity index is 904. The van der Waals surface area contributed by atoms with Gasteiger partial charge in [-0.3, -0.25) is 9.78 Å². The fourth-order valence-corrected chi connectivity index (χ4v) is 3.39. The summed E-state index contributed by atoms with van der Waals surface area (Å²) >= 11 is 5.93. The van der Waals surface area contributed by atoms with Crippen LogP contribution in [0.25, 0.3) is 0 Å². The molecule has 0 aliphatic rings. The van der Waals surface area contributed by atoms with E-state index in [4.69, 9.17) is 17.3 Å². The average Bonchev–Trinajstić information content (AvgIpc) is 2.76. The van der Waals surface area contributed by atoms with Gasteiger partial charge >= 0.3 is 0 Å². The van der Waals surface area contributed by atoms with Crippen molar-refractivity contribution in [1.82, 2.24) is 10.3 Å². The van der Waals surface area contributed by atoms with Crippen molar-refractivity contribution in [2.75, 3.05) is 11.9 Å². The highest BCUT2D eigenvalue weighted by Crippen LogP contribution is 2.12. The SMILES string of the molecule is NC(Cc1ccc(Cl)cc1)C(=O)N[C@H](CCNc1ccncc1)Cc1ccccc1. The molecule has 0 aliphatic carbocycles. The topological polar surface area (TPSA) is 80.0 Å².